The third kappa shape index (κ3) is 3.05. The fourth-order valence-electron chi connectivity index (χ4n) is 3.08. The molecule has 1 aliphatic rings. The van der Waals surface area contributed by atoms with Gasteiger partial charge in [0.1, 0.15) is 11.4 Å². The van der Waals surface area contributed by atoms with Crippen LogP contribution in [0.15, 0.2) is 34.6 Å². The van der Waals surface area contributed by atoms with Crippen molar-refractivity contribution < 1.29 is 14.7 Å². The van der Waals surface area contributed by atoms with Gasteiger partial charge in [-0.15, -0.1) is 10.2 Å². The first-order valence-corrected chi connectivity index (χ1v) is 9.43. The van der Waals surface area contributed by atoms with Gasteiger partial charge in [0.2, 0.25) is 5.91 Å². The molecule has 11 heteroatoms. The topological polar surface area (TPSA) is 141 Å². The van der Waals surface area contributed by atoms with E-state index in [0.29, 0.717) is 27.6 Å². The van der Waals surface area contributed by atoms with Crippen molar-refractivity contribution in [3.8, 4) is 5.75 Å². The Morgan fingerprint density at radius 3 is 2.90 bits per heavy atom. The van der Waals surface area contributed by atoms with E-state index >= 15 is 0 Å². The van der Waals surface area contributed by atoms with Crippen molar-refractivity contribution in [3.63, 3.8) is 0 Å². The van der Waals surface area contributed by atoms with E-state index in [-0.39, 0.29) is 17.3 Å². The van der Waals surface area contributed by atoms with Crippen molar-refractivity contribution in [1.29, 1.82) is 0 Å². The first-order valence-electron chi connectivity index (χ1n) is 8.65. The highest BCUT2D eigenvalue weighted by atomic mass is 32.1. The summed E-state index contributed by atoms with van der Waals surface area (Å²) in [5.41, 5.74) is 0.687. The van der Waals surface area contributed by atoms with E-state index < -0.39 is 11.4 Å². The molecule has 0 atom stereocenters. The van der Waals surface area contributed by atoms with Crippen molar-refractivity contribution in [2.75, 3.05) is 17.7 Å². The summed E-state index contributed by atoms with van der Waals surface area (Å²) in [6.07, 6.45) is 1.64. The Hall–Kier alpha value is -3.60. The maximum Gasteiger partial charge on any atom is 0.319 e. The number of hydrogen-bond acceptors (Lipinski definition) is 8. The summed E-state index contributed by atoms with van der Waals surface area (Å²) in [5.74, 6) is -0.484. The van der Waals surface area contributed by atoms with E-state index in [0.717, 1.165) is 16.9 Å². The molecule has 1 aliphatic heterocycles. The second kappa shape index (κ2) is 6.78. The predicted octanol–water partition coefficient (Wildman–Crippen LogP) is 3.79. The van der Waals surface area contributed by atoms with Crippen LogP contribution in [0.3, 0.4) is 0 Å². The number of pyridine rings is 1. The number of nitrogens with zero attached hydrogens (tertiary/aromatic N) is 4. The number of rotatable bonds is 3. The number of phenolic OH excluding ortho intramolecular Hbond substituents is 1. The predicted molar refractivity (Wildman–Crippen MR) is 109 cm³/mol. The van der Waals surface area contributed by atoms with Crippen LogP contribution in [-0.2, 0) is 10.2 Å². The van der Waals surface area contributed by atoms with E-state index in [9.17, 15) is 14.7 Å². The lowest BCUT2D eigenvalue weighted by Gasteiger charge is -2.19. The Bertz CT molecular complexity index is 1190. The number of nitrogens with one attached hydrogen (secondary N) is 3. The van der Waals surface area contributed by atoms with E-state index in [1.165, 1.54) is 13.1 Å². The van der Waals surface area contributed by atoms with Gasteiger partial charge in [-0.25, -0.2) is 9.78 Å². The summed E-state index contributed by atoms with van der Waals surface area (Å²) in [6, 6.07) is 4.56. The Kier molecular flexibility index (Phi) is 4.38. The zero-order valence-electron chi connectivity index (χ0n) is 15.8. The van der Waals surface area contributed by atoms with Crippen LogP contribution in [0.25, 0.3) is 11.0 Å². The number of phenols is 1. The molecule has 0 radical (unpaired) electrons. The van der Waals surface area contributed by atoms with Gasteiger partial charge in [0.05, 0.1) is 22.2 Å². The van der Waals surface area contributed by atoms with Crippen molar-refractivity contribution in [1.82, 2.24) is 14.7 Å². The van der Waals surface area contributed by atoms with Crippen LogP contribution in [0.5, 0.6) is 5.75 Å². The zero-order valence-corrected chi connectivity index (χ0v) is 16.6. The minimum atomic E-state index is -1.01. The SMILES string of the molecule is CNC(=O)Nc1cc(/N=N/c2snc3ncccc23)c2c(c1O)C(C)(C)C(=O)N2. The highest BCUT2D eigenvalue weighted by molar-refractivity contribution is 7.11. The Labute approximate surface area is 169 Å². The van der Waals surface area contributed by atoms with Crippen molar-refractivity contribution in [3.05, 3.63) is 30.0 Å². The molecule has 0 spiro atoms. The number of amides is 3. The second-order valence-electron chi connectivity index (χ2n) is 6.89. The molecule has 0 unspecified atom stereocenters. The molecule has 0 aliphatic carbocycles. The van der Waals surface area contributed by atoms with Crippen LogP contribution in [-0.4, -0.2) is 33.5 Å². The third-order valence-electron chi connectivity index (χ3n) is 4.67. The van der Waals surface area contributed by atoms with E-state index in [1.807, 2.05) is 6.07 Å². The number of anilines is 2. The Morgan fingerprint density at radius 1 is 1.34 bits per heavy atom. The minimum absolute atomic E-state index is 0.123. The lowest BCUT2D eigenvalue weighted by atomic mass is 9.85. The van der Waals surface area contributed by atoms with E-state index in [2.05, 4.69) is 35.5 Å². The molecule has 3 heterocycles. The summed E-state index contributed by atoms with van der Waals surface area (Å²) in [7, 11) is 1.46. The van der Waals surface area contributed by atoms with Crippen LogP contribution in [0, 0.1) is 0 Å². The van der Waals surface area contributed by atoms with Crippen molar-refractivity contribution >= 4 is 56.6 Å². The van der Waals surface area contributed by atoms with Gasteiger partial charge >= 0.3 is 6.03 Å². The lowest BCUT2D eigenvalue weighted by Crippen LogP contribution is -2.27. The van der Waals surface area contributed by atoms with Gasteiger partial charge in [-0.3, -0.25) is 4.79 Å². The molecule has 148 valence electrons. The molecule has 4 N–H and O–H groups in total. The fraction of sp³-hybridized carbons (Fsp3) is 0.222. The van der Waals surface area contributed by atoms with Gasteiger partial charge in [-0.2, -0.15) is 4.37 Å². The maximum atomic E-state index is 12.4. The molecule has 1 aromatic carbocycles. The number of azo groups is 1. The molecule has 10 nitrogen and oxygen atoms in total. The van der Waals surface area contributed by atoms with Gasteiger partial charge in [0.25, 0.3) is 0 Å². The summed E-state index contributed by atoms with van der Waals surface area (Å²) in [6.45, 7) is 3.36. The first-order chi connectivity index (χ1) is 13.8. The number of urea groups is 1. The normalized spacial score (nSPS) is 14.8. The quantitative estimate of drug-likeness (QED) is 0.383. The van der Waals surface area contributed by atoms with E-state index in [4.69, 9.17) is 0 Å². The molecule has 4 rings (SSSR count). The maximum absolute atomic E-state index is 12.4. The van der Waals surface area contributed by atoms with Gasteiger partial charge < -0.3 is 21.1 Å². The standard InChI is InChI=1S/C18H17N7O3S/c1-18(2)11-12(22-16(18)27)9(7-10(13(11)26)21-17(28)19-3)23-24-15-8-5-4-6-20-14(8)25-29-15/h4-7,26H,1-3H3,(H,22,27)(H2,19,21,28)/b24-23+. The molecular formula is C18H17N7O3S. The van der Waals surface area contributed by atoms with Gasteiger partial charge in [0.15, 0.2) is 10.6 Å². The summed E-state index contributed by atoms with van der Waals surface area (Å²) >= 11 is 1.15. The highest BCUT2D eigenvalue weighted by Crippen LogP contribution is 2.51. The summed E-state index contributed by atoms with van der Waals surface area (Å²) in [4.78, 5) is 28.4. The Morgan fingerprint density at radius 2 is 2.14 bits per heavy atom. The van der Waals surface area contributed by atoms with Crippen molar-refractivity contribution in [2.24, 2.45) is 10.2 Å². The second-order valence-corrected chi connectivity index (χ2v) is 7.64. The van der Waals surface area contributed by atoms with E-state index in [1.54, 1.807) is 26.1 Å². The molecule has 29 heavy (non-hydrogen) atoms. The van der Waals surface area contributed by atoms with Gasteiger partial charge in [-0.05, 0) is 43.6 Å². The first kappa shape index (κ1) is 18.7. The Balaban J connectivity index is 1.84. The van der Waals surface area contributed by atoms with Crippen LogP contribution in [0.1, 0.15) is 19.4 Å². The minimum Gasteiger partial charge on any atom is -0.505 e. The average Bonchev–Trinajstić information content (AvgIpc) is 3.21. The molecule has 3 amide bonds. The van der Waals surface area contributed by atoms with Crippen LogP contribution in [0.4, 0.5) is 26.9 Å². The molecule has 0 saturated carbocycles. The third-order valence-corrected chi connectivity index (χ3v) is 5.41. The molecule has 0 saturated heterocycles. The number of carbonyl (C=O) groups excluding carboxylic acids is 2. The summed E-state index contributed by atoms with van der Waals surface area (Å²) in [5, 5.41) is 28.3. The number of carbonyl (C=O) groups is 2. The monoisotopic (exact) mass is 411 g/mol. The molecule has 0 bridgehead atoms. The largest absolute Gasteiger partial charge is 0.505 e. The smallest absolute Gasteiger partial charge is 0.319 e. The molecule has 3 aromatic rings. The zero-order chi connectivity index (χ0) is 20.8. The van der Waals surface area contributed by atoms with Gasteiger partial charge in [-0.1, -0.05) is 0 Å². The van der Waals surface area contributed by atoms with Crippen LogP contribution in [0.2, 0.25) is 0 Å². The molecular weight excluding hydrogens is 394 g/mol. The van der Waals surface area contributed by atoms with Crippen LogP contribution < -0.4 is 16.0 Å². The molecule has 2 aromatic heterocycles. The number of benzene rings is 1. The van der Waals surface area contributed by atoms with Crippen molar-refractivity contribution in [2.45, 2.75) is 19.3 Å². The molecule has 0 fully saturated rings. The summed E-state index contributed by atoms with van der Waals surface area (Å²) < 4.78 is 4.22. The number of fused-ring (bicyclic) bond motifs is 2. The number of aromatic hydroxyl groups is 1. The number of aromatic nitrogens is 2. The average molecular weight is 411 g/mol. The number of hydrogen-bond donors (Lipinski definition) is 4. The van der Waals surface area contributed by atoms with Crippen LogP contribution >= 0.6 is 11.5 Å². The highest BCUT2D eigenvalue weighted by Gasteiger charge is 2.43. The van der Waals surface area contributed by atoms with Gasteiger partial charge in [0, 0.05) is 18.8 Å². The lowest BCUT2D eigenvalue weighted by molar-refractivity contribution is -0.119. The fourth-order valence-corrected chi connectivity index (χ4v) is 3.73.